The van der Waals surface area contributed by atoms with E-state index < -0.39 is 0 Å². The Labute approximate surface area is 442 Å². The molecule has 0 saturated heterocycles. The molecule has 0 unspecified atom stereocenters. The summed E-state index contributed by atoms with van der Waals surface area (Å²) in [6, 6.07) is 75.9. The molecule has 1 aromatic heterocycles. The number of nitrogens with zero attached hydrogens (tertiary/aromatic N) is 1. The quantitative estimate of drug-likeness (QED) is 0.0752. The number of hydrogen-bond acceptors (Lipinski definition) is 2. The Hall–Kier alpha value is -7.94. The second-order valence-electron chi connectivity index (χ2n) is 21.6. The molecule has 0 amide bonds. The van der Waals surface area contributed by atoms with Crippen LogP contribution in [-0.4, -0.2) is 0 Å². The minimum absolute atomic E-state index is 0.165. The highest BCUT2D eigenvalue weighted by molar-refractivity contribution is 6.22. The molecule has 368 valence electrons. The third-order valence-electron chi connectivity index (χ3n) is 17.1. The van der Waals surface area contributed by atoms with Crippen LogP contribution in [0.15, 0.2) is 205 Å². The zero-order chi connectivity index (χ0) is 50.6. The number of benzene rings is 11. The van der Waals surface area contributed by atoms with E-state index in [9.17, 15) is 0 Å². The monoisotopic (exact) mass is 972 g/mol. The van der Waals surface area contributed by atoms with Crippen LogP contribution in [-0.2, 0) is 5.41 Å². The Balaban J connectivity index is 1.03. The Morgan fingerprint density at radius 2 is 0.800 bits per heavy atom. The van der Waals surface area contributed by atoms with Crippen molar-refractivity contribution in [3.63, 3.8) is 0 Å². The minimum atomic E-state index is -0.165. The van der Waals surface area contributed by atoms with Crippen LogP contribution >= 0.6 is 0 Å². The zero-order valence-corrected chi connectivity index (χ0v) is 44.0. The van der Waals surface area contributed by atoms with Crippen LogP contribution in [0.25, 0.3) is 98.4 Å². The average Bonchev–Trinajstić information content (AvgIpc) is 3.96. The standard InChI is InChI=1S/C73H65NO/c1-5-7-9-21-43-73(44-22-10-8-6-2)65-45-50(71-61-28-15-17-30-63(61)72(64-31-18-16-29-62(64)71)51-36-39-60-59-27-19-20-32-69(59)75-70(60)46-51)35-38-55(65)56-40-37-52(47-66(56)73)74(67-41-33-48(3)53-23-11-13-25-57(53)67)68-42-34-49(4)54-24-12-14-26-58(54)68/h11-20,23-42,45-47H,5-10,21-22,43-44H2,1-4H3. The van der Waals surface area contributed by atoms with E-state index in [0.29, 0.717) is 0 Å². The number of furan rings is 1. The highest BCUT2D eigenvalue weighted by atomic mass is 16.3. The summed E-state index contributed by atoms with van der Waals surface area (Å²) in [5.41, 5.74) is 18.7. The van der Waals surface area contributed by atoms with Gasteiger partial charge in [-0.05, 0) is 163 Å². The largest absolute Gasteiger partial charge is 0.456 e. The van der Waals surface area contributed by atoms with E-state index in [4.69, 9.17) is 4.42 Å². The van der Waals surface area contributed by atoms with Crippen molar-refractivity contribution >= 4 is 82.1 Å². The zero-order valence-electron chi connectivity index (χ0n) is 44.0. The maximum atomic E-state index is 6.51. The summed E-state index contributed by atoms with van der Waals surface area (Å²) in [4.78, 5) is 2.59. The third kappa shape index (κ3) is 7.83. The van der Waals surface area contributed by atoms with Gasteiger partial charge >= 0.3 is 0 Å². The van der Waals surface area contributed by atoms with Crippen molar-refractivity contribution in [2.24, 2.45) is 0 Å². The molecule has 13 rings (SSSR count). The molecule has 0 bridgehead atoms. The lowest BCUT2D eigenvalue weighted by Crippen LogP contribution is -2.26. The van der Waals surface area contributed by atoms with E-state index in [1.165, 1.54) is 167 Å². The second-order valence-corrected chi connectivity index (χ2v) is 21.6. The Morgan fingerprint density at radius 3 is 1.35 bits per heavy atom. The first-order chi connectivity index (χ1) is 37.0. The summed E-state index contributed by atoms with van der Waals surface area (Å²) in [5, 5.41) is 12.5. The molecule has 0 fully saturated rings. The van der Waals surface area contributed by atoms with Crippen molar-refractivity contribution in [3.05, 3.63) is 222 Å². The van der Waals surface area contributed by atoms with Gasteiger partial charge in [-0.3, -0.25) is 0 Å². The first-order valence-corrected chi connectivity index (χ1v) is 27.9. The predicted octanol–water partition coefficient (Wildman–Crippen LogP) is 21.8. The normalized spacial score (nSPS) is 12.9. The van der Waals surface area contributed by atoms with Gasteiger partial charge in [0, 0.05) is 32.6 Å². The van der Waals surface area contributed by atoms with E-state index in [0.717, 1.165) is 34.8 Å². The lowest BCUT2D eigenvalue weighted by Gasteiger charge is -2.35. The molecule has 0 aliphatic heterocycles. The smallest absolute Gasteiger partial charge is 0.136 e. The first kappa shape index (κ1) is 46.8. The number of hydrogen-bond donors (Lipinski definition) is 0. The van der Waals surface area contributed by atoms with Crippen molar-refractivity contribution in [1.82, 2.24) is 0 Å². The van der Waals surface area contributed by atoms with Gasteiger partial charge in [0.15, 0.2) is 0 Å². The third-order valence-corrected chi connectivity index (χ3v) is 17.1. The molecule has 2 heteroatoms. The van der Waals surface area contributed by atoms with Gasteiger partial charge in [0.25, 0.3) is 0 Å². The van der Waals surface area contributed by atoms with Crippen molar-refractivity contribution in [2.75, 3.05) is 4.90 Å². The van der Waals surface area contributed by atoms with E-state index >= 15 is 0 Å². The Kier molecular flexibility index (Phi) is 12.1. The Morgan fingerprint density at radius 1 is 0.360 bits per heavy atom. The molecular formula is C73H65NO. The molecule has 0 atom stereocenters. The summed E-state index contributed by atoms with van der Waals surface area (Å²) < 4.78 is 6.51. The van der Waals surface area contributed by atoms with Crippen molar-refractivity contribution in [3.8, 4) is 33.4 Å². The van der Waals surface area contributed by atoms with E-state index in [2.05, 4.69) is 233 Å². The highest BCUT2D eigenvalue weighted by Gasteiger charge is 2.43. The van der Waals surface area contributed by atoms with Gasteiger partial charge in [-0.1, -0.05) is 217 Å². The fraction of sp³-hybridized carbons (Fsp3) is 0.205. The molecule has 0 saturated carbocycles. The molecule has 1 aliphatic carbocycles. The van der Waals surface area contributed by atoms with Gasteiger partial charge < -0.3 is 9.32 Å². The van der Waals surface area contributed by atoms with Crippen LogP contribution in [0.1, 0.15) is 100 Å². The number of aryl methyl sites for hydroxylation is 2. The molecule has 1 heterocycles. The topological polar surface area (TPSA) is 16.4 Å². The van der Waals surface area contributed by atoms with Gasteiger partial charge in [-0.2, -0.15) is 0 Å². The van der Waals surface area contributed by atoms with Crippen molar-refractivity contribution in [1.29, 1.82) is 0 Å². The number of rotatable bonds is 15. The molecule has 11 aromatic carbocycles. The minimum Gasteiger partial charge on any atom is -0.456 e. The SMILES string of the molecule is CCCCCCC1(CCCCCC)c2cc(-c3c4ccccc4c(-c4ccc5c(c4)oc4ccccc45)c4ccccc34)ccc2-c2ccc(N(c3ccc(C)c4ccccc34)c3ccc(C)c4ccccc34)cc21. The molecule has 0 radical (unpaired) electrons. The van der Waals surface area contributed by atoms with E-state index in [1.807, 2.05) is 0 Å². The van der Waals surface area contributed by atoms with Crippen molar-refractivity contribution < 1.29 is 4.42 Å². The van der Waals surface area contributed by atoms with E-state index in [1.54, 1.807) is 0 Å². The van der Waals surface area contributed by atoms with Crippen molar-refractivity contribution in [2.45, 2.75) is 97.3 Å². The maximum absolute atomic E-state index is 6.51. The van der Waals surface area contributed by atoms with Crippen LogP contribution in [0.4, 0.5) is 17.1 Å². The molecule has 75 heavy (non-hydrogen) atoms. The average molecular weight is 972 g/mol. The second kappa shape index (κ2) is 19.4. The van der Waals surface area contributed by atoms with Gasteiger partial charge in [0.05, 0.1) is 11.4 Å². The predicted molar refractivity (Wildman–Crippen MR) is 323 cm³/mol. The highest BCUT2D eigenvalue weighted by Crippen LogP contribution is 2.58. The number of fused-ring (bicyclic) bond motifs is 10. The van der Waals surface area contributed by atoms with Gasteiger partial charge in [-0.15, -0.1) is 0 Å². The van der Waals surface area contributed by atoms with Gasteiger partial charge in [0.1, 0.15) is 11.2 Å². The van der Waals surface area contributed by atoms with Crippen LogP contribution < -0.4 is 4.90 Å². The lowest BCUT2D eigenvalue weighted by atomic mass is 9.70. The van der Waals surface area contributed by atoms with Crippen LogP contribution in [0.5, 0.6) is 0 Å². The van der Waals surface area contributed by atoms with Crippen LogP contribution in [0.2, 0.25) is 0 Å². The summed E-state index contributed by atoms with van der Waals surface area (Å²) >= 11 is 0. The first-order valence-electron chi connectivity index (χ1n) is 27.9. The van der Waals surface area contributed by atoms with E-state index in [-0.39, 0.29) is 5.41 Å². The molecule has 1 aliphatic rings. The molecule has 12 aromatic rings. The lowest BCUT2D eigenvalue weighted by molar-refractivity contribution is 0.401. The fourth-order valence-electron chi connectivity index (χ4n) is 13.4. The Bertz CT molecular complexity index is 4000. The van der Waals surface area contributed by atoms with Crippen LogP contribution in [0.3, 0.4) is 0 Å². The summed E-state index contributed by atoms with van der Waals surface area (Å²) in [7, 11) is 0. The summed E-state index contributed by atoms with van der Waals surface area (Å²) in [6.07, 6.45) is 12.1. The number of unbranched alkanes of at least 4 members (excludes halogenated alkanes) is 6. The van der Waals surface area contributed by atoms with Gasteiger partial charge in [-0.25, -0.2) is 0 Å². The van der Waals surface area contributed by atoms with Crippen LogP contribution in [0, 0.1) is 13.8 Å². The molecule has 2 nitrogen and oxygen atoms in total. The molecule has 0 N–H and O–H groups in total. The number of anilines is 3. The number of para-hydroxylation sites is 1. The maximum Gasteiger partial charge on any atom is 0.136 e. The summed E-state index contributed by atoms with van der Waals surface area (Å²) in [6.45, 7) is 9.17. The fourth-order valence-corrected chi connectivity index (χ4v) is 13.4. The van der Waals surface area contributed by atoms with Gasteiger partial charge in [0.2, 0.25) is 0 Å². The molecule has 0 spiro atoms. The molecular weight excluding hydrogens is 907 g/mol. The summed E-state index contributed by atoms with van der Waals surface area (Å²) in [5.74, 6) is 0.